The van der Waals surface area contributed by atoms with Crippen molar-refractivity contribution in [2.75, 3.05) is 18.4 Å². The Morgan fingerprint density at radius 1 is 1.45 bits per heavy atom. The molecule has 2 amide bonds. The molecule has 0 saturated carbocycles. The Labute approximate surface area is 116 Å². The zero-order valence-corrected chi connectivity index (χ0v) is 11.2. The quantitative estimate of drug-likeness (QED) is 0.874. The molecule has 2 N–H and O–H groups in total. The number of amides is 2. The van der Waals surface area contributed by atoms with Crippen LogP contribution in [0.25, 0.3) is 0 Å². The Balaban J connectivity index is 2.00. The molecule has 2 rings (SSSR count). The molecule has 0 aliphatic carbocycles. The summed E-state index contributed by atoms with van der Waals surface area (Å²) in [6, 6.07) is 3.98. The standard InChI is InChI=1S/C14H17FN2O3/c1-9-7-11(4-5-12(9)15)16-14(20)17-6-2-3-10(8-17)13(18)19/h4-5,7,10H,2-3,6,8H2,1H3,(H,16,20)(H,18,19)/t10-/m0/s1. The summed E-state index contributed by atoms with van der Waals surface area (Å²) < 4.78 is 13.1. The summed E-state index contributed by atoms with van der Waals surface area (Å²) in [6.07, 6.45) is 1.27. The zero-order valence-electron chi connectivity index (χ0n) is 11.2. The molecule has 0 aromatic heterocycles. The number of hydrogen-bond donors (Lipinski definition) is 2. The van der Waals surface area contributed by atoms with Crippen molar-refractivity contribution >= 4 is 17.7 Å². The van der Waals surface area contributed by atoms with Crippen LogP contribution >= 0.6 is 0 Å². The van der Waals surface area contributed by atoms with E-state index >= 15 is 0 Å². The monoisotopic (exact) mass is 280 g/mol. The second-order valence-corrected chi connectivity index (χ2v) is 5.02. The van der Waals surface area contributed by atoms with Crippen molar-refractivity contribution in [3.05, 3.63) is 29.6 Å². The first-order chi connectivity index (χ1) is 9.47. The third kappa shape index (κ3) is 3.26. The molecule has 1 aromatic carbocycles. The summed E-state index contributed by atoms with van der Waals surface area (Å²) in [5.41, 5.74) is 0.955. The number of piperidine rings is 1. The van der Waals surface area contributed by atoms with E-state index < -0.39 is 11.9 Å². The number of aliphatic carboxylic acids is 1. The lowest BCUT2D eigenvalue weighted by molar-refractivity contribution is -0.143. The predicted octanol–water partition coefficient (Wildman–Crippen LogP) is 2.46. The number of urea groups is 1. The van der Waals surface area contributed by atoms with Crippen LogP contribution < -0.4 is 5.32 Å². The number of carboxylic acid groups (broad SMARTS) is 1. The second-order valence-electron chi connectivity index (χ2n) is 5.02. The highest BCUT2D eigenvalue weighted by Crippen LogP contribution is 2.19. The molecule has 6 heteroatoms. The molecule has 0 radical (unpaired) electrons. The number of nitrogens with one attached hydrogen (secondary N) is 1. The molecule has 108 valence electrons. The first kappa shape index (κ1) is 14.3. The number of hydrogen-bond acceptors (Lipinski definition) is 2. The third-order valence-corrected chi connectivity index (χ3v) is 3.47. The fourth-order valence-corrected chi connectivity index (χ4v) is 2.29. The lowest BCUT2D eigenvalue weighted by Gasteiger charge is -2.30. The van der Waals surface area contributed by atoms with Gasteiger partial charge >= 0.3 is 12.0 Å². The molecule has 0 unspecified atom stereocenters. The van der Waals surface area contributed by atoms with Crippen molar-refractivity contribution in [3.63, 3.8) is 0 Å². The van der Waals surface area contributed by atoms with Gasteiger partial charge in [0.05, 0.1) is 5.92 Å². The average Bonchev–Trinajstić information content (AvgIpc) is 2.43. The number of aryl methyl sites for hydroxylation is 1. The lowest BCUT2D eigenvalue weighted by atomic mass is 9.99. The third-order valence-electron chi connectivity index (χ3n) is 3.47. The van der Waals surface area contributed by atoms with Crippen LogP contribution in [0, 0.1) is 18.7 Å². The minimum absolute atomic E-state index is 0.210. The summed E-state index contributed by atoms with van der Waals surface area (Å²) in [7, 11) is 0. The zero-order chi connectivity index (χ0) is 14.7. The topological polar surface area (TPSA) is 69.6 Å². The van der Waals surface area contributed by atoms with Crippen LogP contribution in [0.4, 0.5) is 14.9 Å². The Hall–Kier alpha value is -2.11. The number of carbonyl (C=O) groups excluding carboxylic acids is 1. The molecule has 1 aliphatic rings. The van der Waals surface area contributed by atoms with Crippen molar-refractivity contribution in [1.29, 1.82) is 0 Å². The van der Waals surface area contributed by atoms with Gasteiger partial charge in [-0.15, -0.1) is 0 Å². The molecule has 1 atom stereocenters. The van der Waals surface area contributed by atoms with E-state index in [1.165, 1.54) is 17.0 Å². The molecule has 1 saturated heterocycles. The summed E-state index contributed by atoms with van der Waals surface area (Å²) in [6.45, 7) is 2.36. The summed E-state index contributed by atoms with van der Waals surface area (Å²) in [4.78, 5) is 24.5. The van der Waals surface area contributed by atoms with E-state index in [2.05, 4.69) is 5.32 Å². The van der Waals surface area contributed by atoms with Crippen molar-refractivity contribution in [2.24, 2.45) is 5.92 Å². The van der Waals surface area contributed by atoms with Crippen LogP contribution in [0.5, 0.6) is 0 Å². The van der Waals surface area contributed by atoms with Gasteiger partial charge in [-0.05, 0) is 43.5 Å². The van der Waals surface area contributed by atoms with E-state index in [9.17, 15) is 14.0 Å². The minimum Gasteiger partial charge on any atom is -0.481 e. The van der Waals surface area contributed by atoms with Gasteiger partial charge in [0.25, 0.3) is 0 Å². The van der Waals surface area contributed by atoms with Gasteiger partial charge in [0.2, 0.25) is 0 Å². The molecule has 1 fully saturated rings. The number of benzene rings is 1. The van der Waals surface area contributed by atoms with Crippen LogP contribution in [0.2, 0.25) is 0 Å². The highest BCUT2D eigenvalue weighted by atomic mass is 19.1. The Kier molecular flexibility index (Phi) is 4.22. The Bertz CT molecular complexity index is 533. The van der Waals surface area contributed by atoms with Gasteiger partial charge < -0.3 is 15.3 Å². The van der Waals surface area contributed by atoms with Gasteiger partial charge in [0.15, 0.2) is 0 Å². The van der Waals surface area contributed by atoms with E-state index in [0.29, 0.717) is 30.6 Å². The van der Waals surface area contributed by atoms with Crippen LogP contribution in [-0.4, -0.2) is 35.1 Å². The van der Waals surface area contributed by atoms with E-state index in [1.54, 1.807) is 13.0 Å². The van der Waals surface area contributed by atoms with Gasteiger partial charge in [-0.25, -0.2) is 9.18 Å². The van der Waals surface area contributed by atoms with Gasteiger partial charge in [-0.2, -0.15) is 0 Å². The normalized spacial score (nSPS) is 18.7. The number of likely N-dealkylation sites (tertiary alicyclic amines) is 1. The van der Waals surface area contributed by atoms with Crippen molar-refractivity contribution in [1.82, 2.24) is 4.90 Å². The highest BCUT2D eigenvalue weighted by molar-refractivity contribution is 5.89. The van der Waals surface area contributed by atoms with Crippen LogP contribution in [0.1, 0.15) is 18.4 Å². The minimum atomic E-state index is -0.875. The number of nitrogens with zero attached hydrogens (tertiary/aromatic N) is 1. The van der Waals surface area contributed by atoms with Gasteiger partial charge in [-0.1, -0.05) is 0 Å². The van der Waals surface area contributed by atoms with Gasteiger partial charge in [-0.3, -0.25) is 4.79 Å². The van der Waals surface area contributed by atoms with Gasteiger partial charge in [0, 0.05) is 18.8 Å². The molecule has 5 nitrogen and oxygen atoms in total. The summed E-state index contributed by atoms with van der Waals surface area (Å²) >= 11 is 0. The van der Waals surface area contributed by atoms with Crippen LogP contribution in [0.15, 0.2) is 18.2 Å². The fourth-order valence-electron chi connectivity index (χ4n) is 2.29. The van der Waals surface area contributed by atoms with Crippen LogP contribution in [-0.2, 0) is 4.79 Å². The maximum atomic E-state index is 13.1. The van der Waals surface area contributed by atoms with E-state index in [0.717, 1.165) is 0 Å². The van der Waals surface area contributed by atoms with Crippen molar-refractivity contribution in [2.45, 2.75) is 19.8 Å². The smallest absolute Gasteiger partial charge is 0.321 e. The summed E-state index contributed by atoms with van der Waals surface area (Å²) in [5.74, 6) is -1.71. The molecule has 20 heavy (non-hydrogen) atoms. The molecular weight excluding hydrogens is 263 g/mol. The number of halogens is 1. The second kappa shape index (κ2) is 5.90. The maximum Gasteiger partial charge on any atom is 0.321 e. The van der Waals surface area contributed by atoms with Crippen molar-refractivity contribution in [3.8, 4) is 0 Å². The van der Waals surface area contributed by atoms with E-state index in [-0.39, 0.29) is 18.4 Å². The van der Waals surface area contributed by atoms with Crippen LogP contribution in [0.3, 0.4) is 0 Å². The Morgan fingerprint density at radius 2 is 2.20 bits per heavy atom. The van der Waals surface area contributed by atoms with E-state index in [4.69, 9.17) is 5.11 Å². The first-order valence-electron chi connectivity index (χ1n) is 6.52. The molecule has 0 bridgehead atoms. The van der Waals surface area contributed by atoms with Crippen molar-refractivity contribution < 1.29 is 19.1 Å². The number of carboxylic acids is 1. The summed E-state index contributed by atoms with van der Waals surface area (Å²) in [5, 5.41) is 11.7. The molecule has 1 heterocycles. The molecule has 0 spiro atoms. The number of anilines is 1. The maximum absolute atomic E-state index is 13.1. The number of carbonyl (C=O) groups is 2. The molecule has 1 aliphatic heterocycles. The van der Waals surface area contributed by atoms with E-state index in [1.807, 2.05) is 0 Å². The molecular formula is C14H17FN2O3. The van der Waals surface area contributed by atoms with Gasteiger partial charge in [0.1, 0.15) is 5.82 Å². The number of rotatable bonds is 2. The molecule has 1 aromatic rings. The fraction of sp³-hybridized carbons (Fsp3) is 0.429. The first-order valence-corrected chi connectivity index (χ1v) is 6.52. The SMILES string of the molecule is Cc1cc(NC(=O)N2CCC[C@H](C(=O)O)C2)ccc1F. The lowest BCUT2D eigenvalue weighted by Crippen LogP contribution is -2.44. The largest absolute Gasteiger partial charge is 0.481 e. The average molecular weight is 280 g/mol. The predicted molar refractivity (Wildman–Crippen MR) is 72.1 cm³/mol. The highest BCUT2D eigenvalue weighted by Gasteiger charge is 2.28. The Morgan fingerprint density at radius 3 is 2.85 bits per heavy atom.